The summed E-state index contributed by atoms with van der Waals surface area (Å²) in [4.78, 5) is 12.3. The van der Waals surface area contributed by atoms with E-state index in [4.69, 9.17) is 4.74 Å². The van der Waals surface area contributed by atoms with Crippen molar-refractivity contribution in [2.24, 2.45) is 46.3 Å². The smallest absolute Gasteiger partial charge is 0.307 e. The highest BCUT2D eigenvalue weighted by atomic mass is 127. The molecule has 2 nitrogen and oxygen atoms in total. The lowest BCUT2D eigenvalue weighted by Gasteiger charge is -2.58. The first-order chi connectivity index (χ1) is 16.0. The van der Waals surface area contributed by atoms with E-state index in [-0.39, 0.29) is 12.1 Å². The number of halogens is 1. The lowest BCUT2D eigenvalue weighted by Crippen LogP contribution is -2.51. The maximum absolute atomic E-state index is 12.3. The van der Waals surface area contributed by atoms with Crippen molar-refractivity contribution in [3.63, 3.8) is 0 Å². The molecular formula is C31H51IO2. The van der Waals surface area contributed by atoms with Crippen molar-refractivity contribution in [2.75, 3.05) is 0 Å². The first kappa shape index (κ1) is 27.0. The molecule has 3 saturated carbocycles. The molecule has 4 rings (SSSR count). The molecule has 194 valence electrons. The van der Waals surface area contributed by atoms with E-state index >= 15 is 0 Å². The molecule has 4 aliphatic carbocycles. The zero-order valence-electron chi connectivity index (χ0n) is 22.9. The number of hydrogen-bond acceptors (Lipinski definition) is 2. The van der Waals surface area contributed by atoms with Gasteiger partial charge in [0.05, 0.1) is 6.42 Å². The average molecular weight is 583 g/mol. The molecule has 0 heterocycles. The molecule has 0 aromatic carbocycles. The van der Waals surface area contributed by atoms with Gasteiger partial charge in [-0.2, -0.15) is 0 Å². The molecule has 0 saturated heterocycles. The van der Waals surface area contributed by atoms with Crippen LogP contribution in [0.15, 0.2) is 11.6 Å². The SMILES string of the molecule is CC(C)CCC[C@H](C)[C@H]1CC[C@H]2[C@@H]3CC=C4C[C@@H](OC(=O)C[C@@H](C)I)CC[C@]4(C)[C@H]3CC[C@]12C. The molecular weight excluding hydrogens is 531 g/mol. The van der Waals surface area contributed by atoms with Crippen LogP contribution in [-0.2, 0) is 9.53 Å². The number of carbonyl (C=O) groups is 1. The third kappa shape index (κ3) is 5.30. The van der Waals surface area contributed by atoms with Crippen molar-refractivity contribution >= 4 is 28.6 Å². The van der Waals surface area contributed by atoms with E-state index in [9.17, 15) is 4.79 Å². The third-order valence-electron chi connectivity index (χ3n) is 11.0. The van der Waals surface area contributed by atoms with E-state index in [2.05, 4.69) is 70.2 Å². The molecule has 4 aliphatic rings. The van der Waals surface area contributed by atoms with Gasteiger partial charge in [0.2, 0.25) is 0 Å². The monoisotopic (exact) mass is 582 g/mol. The summed E-state index contributed by atoms with van der Waals surface area (Å²) in [6.07, 6.45) is 17.8. The Morgan fingerprint density at radius 1 is 1.06 bits per heavy atom. The molecule has 0 spiro atoms. The van der Waals surface area contributed by atoms with Gasteiger partial charge >= 0.3 is 5.97 Å². The molecule has 0 bridgehead atoms. The van der Waals surface area contributed by atoms with Gasteiger partial charge in [-0.05, 0) is 91.3 Å². The van der Waals surface area contributed by atoms with Gasteiger partial charge in [-0.15, -0.1) is 0 Å². The van der Waals surface area contributed by atoms with Crippen LogP contribution in [0.5, 0.6) is 0 Å². The molecule has 0 aromatic rings. The summed E-state index contributed by atoms with van der Waals surface area (Å²) in [6, 6.07) is 0. The third-order valence-corrected chi connectivity index (χ3v) is 11.4. The second-order valence-corrected chi connectivity index (χ2v) is 15.8. The van der Waals surface area contributed by atoms with E-state index in [0.29, 0.717) is 21.2 Å². The quantitative estimate of drug-likeness (QED) is 0.123. The Bertz CT molecular complexity index is 757. The maximum Gasteiger partial charge on any atom is 0.307 e. The molecule has 3 fully saturated rings. The van der Waals surface area contributed by atoms with Crippen LogP contribution in [0.25, 0.3) is 0 Å². The Morgan fingerprint density at radius 2 is 1.82 bits per heavy atom. The Kier molecular flexibility index (Phi) is 8.52. The number of allylic oxidation sites excluding steroid dienone is 1. The average Bonchev–Trinajstić information content (AvgIpc) is 3.10. The van der Waals surface area contributed by atoms with Crippen molar-refractivity contribution in [1.29, 1.82) is 0 Å². The van der Waals surface area contributed by atoms with E-state index in [1.165, 1.54) is 57.8 Å². The van der Waals surface area contributed by atoms with Crippen molar-refractivity contribution in [1.82, 2.24) is 0 Å². The topological polar surface area (TPSA) is 26.3 Å². The minimum absolute atomic E-state index is 0.00210. The van der Waals surface area contributed by atoms with Crippen LogP contribution < -0.4 is 0 Å². The predicted octanol–water partition coefficient (Wildman–Crippen LogP) is 9.15. The molecule has 0 radical (unpaired) electrons. The molecule has 0 N–H and O–H groups in total. The first-order valence-corrected chi connectivity index (χ1v) is 15.8. The van der Waals surface area contributed by atoms with Crippen LogP contribution in [0, 0.1) is 46.3 Å². The van der Waals surface area contributed by atoms with Crippen molar-refractivity contribution in [2.45, 2.75) is 129 Å². The molecule has 9 atom stereocenters. The van der Waals surface area contributed by atoms with Crippen molar-refractivity contribution in [3.8, 4) is 0 Å². The highest BCUT2D eigenvalue weighted by Gasteiger charge is 2.59. The summed E-state index contributed by atoms with van der Waals surface area (Å²) in [6.45, 7) is 14.7. The van der Waals surface area contributed by atoms with Crippen LogP contribution in [0.3, 0.4) is 0 Å². The fourth-order valence-electron chi connectivity index (χ4n) is 9.22. The molecule has 0 amide bonds. The number of fused-ring (bicyclic) bond motifs is 5. The Hall–Kier alpha value is -0.0600. The predicted molar refractivity (Wildman–Crippen MR) is 151 cm³/mol. The van der Waals surface area contributed by atoms with Gasteiger partial charge < -0.3 is 4.74 Å². The highest BCUT2D eigenvalue weighted by molar-refractivity contribution is 14.1. The fraction of sp³-hybridized carbons (Fsp3) is 0.903. The largest absolute Gasteiger partial charge is 0.462 e. The summed E-state index contributed by atoms with van der Waals surface area (Å²) in [5.74, 6) is 5.28. The van der Waals surface area contributed by atoms with Gasteiger partial charge in [0.15, 0.2) is 0 Å². The van der Waals surface area contributed by atoms with Gasteiger partial charge in [0, 0.05) is 10.3 Å². The molecule has 0 aliphatic heterocycles. The number of ether oxygens (including phenoxy) is 1. The van der Waals surface area contributed by atoms with Crippen LogP contribution >= 0.6 is 22.6 Å². The van der Waals surface area contributed by atoms with Crippen molar-refractivity contribution < 1.29 is 9.53 Å². The maximum atomic E-state index is 12.3. The summed E-state index contributed by atoms with van der Waals surface area (Å²) in [5, 5.41) is 0. The van der Waals surface area contributed by atoms with Gasteiger partial charge in [-0.1, -0.05) is 95.0 Å². The van der Waals surface area contributed by atoms with Gasteiger partial charge in [0.25, 0.3) is 0 Å². The highest BCUT2D eigenvalue weighted by Crippen LogP contribution is 2.67. The zero-order chi connectivity index (χ0) is 24.7. The van der Waals surface area contributed by atoms with Crippen LogP contribution in [0.2, 0.25) is 0 Å². The Labute approximate surface area is 224 Å². The number of alkyl halides is 1. The second kappa shape index (κ2) is 10.7. The lowest BCUT2D eigenvalue weighted by atomic mass is 9.47. The minimum Gasteiger partial charge on any atom is -0.462 e. The van der Waals surface area contributed by atoms with E-state index in [1.54, 1.807) is 5.57 Å². The Morgan fingerprint density at radius 3 is 2.53 bits per heavy atom. The van der Waals surface area contributed by atoms with Crippen LogP contribution in [0.1, 0.15) is 119 Å². The number of esters is 1. The minimum atomic E-state index is -0.00210. The second-order valence-electron chi connectivity index (χ2n) is 13.6. The summed E-state index contributed by atoms with van der Waals surface area (Å²) in [5.41, 5.74) is 2.52. The first-order valence-electron chi connectivity index (χ1n) is 14.6. The Balaban J connectivity index is 1.42. The van der Waals surface area contributed by atoms with Gasteiger partial charge in [0.1, 0.15) is 6.10 Å². The van der Waals surface area contributed by atoms with Crippen LogP contribution in [-0.4, -0.2) is 16.0 Å². The standard InChI is InChI=1S/C31H51IO2/c1-20(2)8-7-9-21(3)26-12-13-27-25-11-10-23-19-24(34-29(33)18-22(4)32)14-16-30(23,5)28(25)15-17-31(26,27)6/h10,20-22,24-28H,7-9,11-19H2,1-6H3/t21-,22+,24-,25-,26+,27-,28-,30-,31+/m0/s1. The van der Waals surface area contributed by atoms with E-state index < -0.39 is 0 Å². The molecule has 3 heteroatoms. The normalized spacial score (nSPS) is 41.2. The van der Waals surface area contributed by atoms with Gasteiger partial charge in [-0.25, -0.2) is 0 Å². The summed E-state index contributed by atoms with van der Waals surface area (Å²) < 4.78 is 6.27. The molecule has 0 unspecified atom stereocenters. The van der Waals surface area contributed by atoms with E-state index in [0.717, 1.165) is 48.3 Å². The van der Waals surface area contributed by atoms with Gasteiger partial charge in [-0.3, -0.25) is 4.79 Å². The summed E-state index contributed by atoms with van der Waals surface area (Å²) in [7, 11) is 0. The number of carbonyl (C=O) groups excluding carboxylic acids is 1. The van der Waals surface area contributed by atoms with Crippen LogP contribution in [0.4, 0.5) is 0 Å². The number of hydrogen-bond donors (Lipinski definition) is 0. The zero-order valence-corrected chi connectivity index (χ0v) is 25.0. The molecule has 34 heavy (non-hydrogen) atoms. The number of rotatable bonds is 8. The lowest BCUT2D eigenvalue weighted by molar-refractivity contribution is -0.151. The molecule has 0 aromatic heterocycles. The fourth-order valence-corrected chi connectivity index (χ4v) is 9.58. The van der Waals surface area contributed by atoms with E-state index in [1.807, 2.05) is 0 Å². The van der Waals surface area contributed by atoms with Crippen molar-refractivity contribution in [3.05, 3.63) is 11.6 Å². The summed E-state index contributed by atoms with van der Waals surface area (Å²) >= 11 is 2.32.